The summed E-state index contributed by atoms with van der Waals surface area (Å²) in [5.41, 5.74) is 1.18. The summed E-state index contributed by atoms with van der Waals surface area (Å²) in [6, 6.07) is 7.23. The van der Waals surface area contributed by atoms with E-state index < -0.39 is 0 Å². The molecule has 0 spiro atoms. The summed E-state index contributed by atoms with van der Waals surface area (Å²) < 4.78 is 7.02. The first-order valence-corrected chi connectivity index (χ1v) is 12.2. The Bertz CT molecular complexity index is 1240. The third-order valence-electron chi connectivity index (χ3n) is 5.67. The second kappa shape index (κ2) is 11.9. The van der Waals surface area contributed by atoms with E-state index in [-0.39, 0.29) is 23.8 Å². The van der Waals surface area contributed by atoms with Crippen molar-refractivity contribution in [1.82, 2.24) is 19.4 Å². The number of piperidine rings is 1. The molecule has 2 aromatic heterocycles. The minimum absolute atomic E-state index is 0.116. The van der Waals surface area contributed by atoms with Crippen molar-refractivity contribution in [1.29, 1.82) is 0 Å². The Morgan fingerprint density at radius 3 is 2.57 bits per heavy atom. The summed E-state index contributed by atoms with van der Waals surface area (Å²) in [6.07, 6.45) is 5.09. The molecule has 1 N–H and O–H groups in total. The molecule has 3 heterocycles. The molecule has 1 fully saturated rings. The average Bonchev–Trinajstić information content (AvgIpc) is 2.88. The van der Waals surface area contributed by atoms with Gasteiger partial charge in [-0.15, -0.1) is 0 Å². The second-order valence-electron chi connectivity index (χ2n) is 8.26. The van der Waals surface area contributed by atoms with Crippen molar-refractivity contribution in [2.75, 3.05) is 44.0 Å². The molecule has 10 heteroatoms. The van der Waals surface area contributed by atoms with Crippen LogP contribution in [0.5, 0.6) is 5.75 Å². The lowest BCUT2D eigenvalue weighted by Crippen LogP contribution is -2.31. The maximum Gasteiger partial charge on any atom is 0.293 e. The minimum Gasteiger partial charge on any atom is -0.478 e. The maximum atomic E-state index is 12.6. The van der Waals surface area contributed by atoms with Crippen LogP contribution in [0.15, 0.2) is 35.3 Å². The number of ether oxygens (including phenoxy) is 1. The number of fused-ring (bicyclic) bond motifs is 1. The number of carbonyl (C=O) groups excluding carboxylic acids is 1. The molecule has 0 radical (unpaired) electrons. The number of nitrogens with one attached hydrogen (secondary N) is 1. The maximum absolute atomic E-state index is 12.6. The van der Waals surface area contributed by atoms with Crippen molar-refractivity contribution in [2.45, 2.75) is 33.1 Å². The summed E-state index contributed by atoms with van der Waals surface area (Å²) >= 11 is 6.36. The van der Waals surface area contributed by atoms with E-state index in [1.165, 1.54) is 15.9 Å². The van der Waals surface area contributed by atoms with Gasteiger partial charge in [-0.1, -0.05) is 25.4 Å². The van der Waals surface area contributed by atoms with Gasteiger partial charge in [0, 0.05) is 45.3 Å². The Kier molecular flexibility index (Phi) is 8.92. The predicted molar refractivity (Wildman–Crippen MR) is 141 cm³/mol. The highest BCUT2D eigenvalue weighted by Crippen LogP contribution is 2.28. The van der Waals surface area contributed by atoms with Crippen molar-refractivity contribution >= 4 is 45.9 Å². The molecule has 1 aromatic carbocycles. The second-order valence-corrected chi connectivity index (χ2v) is 8.67. The van der Waals surface area contributed by atoms with Crippen LogP contribution in [0.4, 0.5) is 17.5 Å². The lowest BCUT2D eigenvalue weighted by Gasteiger charge is -2.26. The molecule has 4 rings (SSSR count). The number of anilines is 3. The van der Waals surface area contributed by atoms with Crippen molar-refractivity contribution in [3.8, 4) is 5.75 Å². The van der Waals surface area contributed by atoms with E-state index in [0.717, 1.165) is 42.5 Å². The van der Waals surface area contributed by atoms with Crippen LogP contribution in [0.3, 0.4) is 0 Å². The average molecular weight is 501 g/mol. The molecule has 1 amide bonds. The zero-order valence-corrected chi connectivity index (χ0v) is 21.7. The number of amides is 1. The van der Waals surface area contributed by atoms with Gasteiger partial charge in [-0.2, -0.15) is 4.98 Å². The Hall–Kier alpha value is -3.33. The molecule has 1 aliphatic heterocycles. The number of pyridine rings is 1. The molecule has 0 unspecified atom stereocenters. The summed E-state index contributed by atoms with van der Waals surface area (Å²) in [5.74, 6) is 1.07. The van der Waals surface area contributed by atoms with Gasteiger partial charge in [0.15, 0.2) is 18.2 Å². The SMILES string of the molecule is CC.CN(C)C(=O)COc1cc2cc(Nc3nc(N4CCCCC4)ncc3Cl)ccc2n(C)c1=O. The third-order valence-corrected chi connectivity index (χ3v) is 5.95. The molecule has 188 valence electrons. The quantitative estimate of drug-likeness (QED) is 0.542. The largest absolute Gasteiger partial charge is 0.478 e. The van der Waals surface area contributed by atoms with Crippen LogP contribution in [0.25, 0.3) is 10.9 Å². The van der Waals surface area contributed by atoms with Gasteiger partial charge in [0.2, 0.25) is 5.95 Å². The number of halogens is 1. The number of rotatable bonds is 6. The van der Waals surface area contributed by atoms with E-state index >= 15 is 0 Å². The number of nitrogens with zero attached hydrogens (tertiary/aromatic N) is 5. The van der Waals surface area contributed by atoms with Crippen LogP contribution < -0.4 is 20.5 Å². The topological polar surface area (TPSA) is 92.6 Å². The molecule has 0 saturated carbocycles. The van der Waals surface area contributed by atoms with Crippen LogP contribution in [-0.4, -0.2) is 59.1 Å². The monoisotopic (exact) mass is 500 g/mol. The number of aryl methyl sites for hydroxylation is 1. The molecule has 1 aliphatic rings. The fraction of sp³-hybridized carbons (Fsp3) is 0.440. The molecule has 0 atom stereocenters. The van der Waals surface area contributed by atoms with Crippen molar-refractivity contribution in [3.05, 3.63) is 45.8 Å². The Morgan fingerprint density at radius 2 is 1.89 bits per heavy atom. The van der Waals surface area contributed by atoms with E-state index in [9.17, 15) is 9.59 Å². The predicted octanol–water partition coefficient (Wildman–Crippen LogP) is 4.21. The standard InChI is InChI=1S/C23H27ClN6O3.C2H6/c1-28(2)20(31)14-33-19-12-15-11-16(7-8-18(15)29(3)22(19)32)26-21-17(24)13-25-23(27-21)30-9-5-4-6-10-30;1-2/h7-8,11-13H,4-6,9-10,14H2,1-3H3,(H,25,26,27);1-2H3. The number of benzene rings is 1. The molecule has 9 nitrogen and oxygen atoms in total. The van der Waals surface area contributed by atoms with E-state index in [1.54, 1.807) is 33.4 Å². The van der Waals surface area contributed by atoms with Crippen LogP contribution in [0.2, 0.25) is 5.02 Å². The number of likely N-dealkylation sites (N-methyl/N-ethyl adjacent to an activating group) is 1. The van der Waals surface area contributed by atoms with Crippen molar-refractivity contribution in [2.24, 2.45) is 7.05 Å². The Morgan fingerprint density at radius 1 is 1.17 bits per heavy atom. The minimum atomic E-state index is -0.306. The number of hydrogen-bond donors (Lipinski definition) is 1. The van der Waals surface area contributed by atoms with Crippen molar-refractivity contribution in [3.63, 3.8) is 0 Å². The first-order chi connectivity index (χ1) is 16.8. The molecule has 3 aromatic rings. The smallest absolute Gasteiger partial charge is 0.293 e. The normalized spacial score (nSPS) is 13.1. The first-order valence-electron chi connectivity index (χ1n) is 11.8. The van der Waals surface area contributed by atoms with Crippen LogP contribution >= 0.6 is 11.6 Å². The molecular formula is C25H33ClN6O3. The Balaban J connectivity index is 0.00000167. The number of carbonyl (C=O) groups is 1. The zero-order chi connectivity index (χ0) is 25.5. The molecular weight excluding hydrogens is 468 g/mol. The van der Waals surface area contributed by atoms with E-state index in [1.807, 2.05) is 32.0 Å². The zero-order valence-electron chi connectivity index (χ0n) is 21.0. The lowest BCUT2D eigenvalue weighted by atomic mass is 10.1. The van der Waals surface area contributed by atoms with Crippen molar-refractivity contribution < 1.29 is 9.53 Å². The van der Waals surface area contributed by atoms with Gasteiger partial charge in [0.05, 0.1) is 11.7 Å². The van der Waals surface area contributed by atoms with Gasteiger partial charge in [-0.25, -0.2) is 4.98 Å². The van der Waals surface area contributed by atoms with Crippen LogP contribution in [0.1, 0.15) is 33.1 Å². The fourth-order valence-electron chi connectivity index (χ4n) is 3.73. The number of aromatic nitrogens is 3. The molecule has 0 aliphatic carbocycles. The Labute approximate surface area is 210 Å². The fourth-order valence-corrected chi connectivity index (χ4v) is 3.87. The summed E-state index contributed by atoms with van der Waals surface area (Å²) in [6.45, 7) is 5.66. The van der Waals surface area contributed by atoms with Crippen LogP contribution in [-0.2, 0) is 11.8 Å². The molecule has 35 heavy (non-hydrogen) atoms. The van der Waals surface area contributed by atoms with Gasteiger partial charge in [0.1, 0.15) is 5.02 Å². The van der Waals surface area contributed by atoms with Gasteiger partial charge in [-0.05, 0) is 43.5 Å². The van der Waals surface area contributed by atoms with Gasteiger partial charge in [-0.3, -0.25) is 9.59 Å². The lowest BCUT2D eigenvalue weighted by molar-refractivity contribution is -0.130. The van der Waals surface area contributed by atoms with E-state index in [2.05, 4.69) is 20.2 Å². The van der Waals surface area contributed by atoms with E-state index in [4.69, 9.17) is 16.3 Å². The third kappa shape index (κ3) is 6.22. The highest BCUT2D eigenvalue weighted by atomic mass is 35.5. The number of hydrogen-bond acceptors (Lipinski definition) is 7. The first kappa shape index (κ1) is 26.3. The van der Waals surface area contributed by atoms with Gasteiger partial charge >= 0.3 is 0 Å². The molecule has 0 bridgehead atoms. The highest BCUT2D eigenvalue weighted by Gasteiger charge is 2.16. The van der Waals surface area contributed by atoms with E-state index in [0.29, 0.717) is 16.8 Å². The van der Waals surface area contributed by atoms with Gasteiger partial charge < -0.3 is 24.4 Å². The van der Waals surface area contributed by atoms with Gasteiger partial charge in [0.25, 0.3) is 11.5 Å². The summed E-state index contributed by atoms with van der Waals surface area (Å²) in [5, 5.41) is 4.46. The highest BCUT2D eigenvalue weighted by molar-refractivity contribution is 6.32. The molecule has 1 saturated heterocycles. The summed E-state index contributed by atoms with van der Waals surface area (Å²) in [7, 11) is 4.94. The van der Waals surface area contributed by atoms with Crippen LogP contribution in [0, 0.1) is 0 Å². The summed E-state index contributed by atoms with van der Waals surface area (Å²) in [4.78, 5) is 37.1.